The summed E-state index contributed by atoms with van der Waals surface area (Å²) in [4.78, 5) is 16.3. The maximum Gasteiger partial charge on any atom is 0.255 e. The van der Waals surface area contributed by atoms with E-state index in [0.29, 0.717) is 5.75 Å². The lowest BCUT2D eigenvalue weighted by atomic mass is 10.2. The third-order valence-corrected chi connectivity index (χ3v) is 5.55. The fourth-order valence-corrected chi connectivity index (χ4v) is 3.81. The maximum absolute atomic E-state index is 14.3. The zero-order valence-corrected chi connectivity index (χ0v) is 16.6. The van der Waals surface area contributed by atoms with Crippen LogP contribution in [-0.4, -0.2) is 25.4 Å². The summed E-state index contributed by atoms with van der Waals surface area (Å²) in [6.45, 7) is 3.64. The molecule has 0 radical (unpaired) electrons. The summed E-state index contributed by atoms with van der Waals surface area (Å²) in [6, 6.07) is 14.1. The Labute approximate surface area is 168 Å². The second kappa shape index (κ2) is 8.40. The largest absolute Gasteiger partial charge is 0.491 e. The minimum Gasteiger partial charge on any atom is -0.491 e. The van der Waals surface area contributed by atoms with Gasteiger partial charge in [-0.25, -0.2) is 17.8 Å². The Hall–Kier alpha value is -3.26. The number of nitrogens with zero attached hydrogens (tertiary/aromatic N) is 1. The molecule has 0 aliphatic carbocycles. The average molecular weight is 414 g/mol. The Morgan fingerprint density at radius 2 is 1.86 bits per heavy atom. The van der Waals surface area contributed by atoms with E-state index in [4.69, 9.17) is 4.74 Å². The zero-order valence-electron chi connectivity index (χ0n) is 15.8. The molecule has 3 aromatic rings. The van der Waals surface area contributed by atoms with Crippen LogP contribution in [0.15, 0.2) is 76.8 Å². The van der Waals surface area contributed by atoms with Crippen LogP contribution in [0.4, 0.5) is 10.1 Å². The smallest absolute Gasteiger partial charge is 0.255 e. The minimum atomic E-state index is -3.87. The molecule has 0 fully saturated rings. The number of pyridine rings is 1. The second-order valence-corrected chi connectivity index (χ2v) is 8.36. The van der Waals surface area contributed by atoms with Gasteiger partial charge in [-0.1, -0.05) is 12.1 Å². The molecule has 0 aliphatic rings. The highest BCUT2D eigenvalue weighted by Gasteiger charge is 2.20. The van der Waals surface area contributed by atoms with Crippen LogP contribution < -0.4 is 10.1 Å². The van der Waals surface area contributed by atoms with E-state index in [1.807, 2.05) is 13.8 Å². The van der Waals surface area contributed by atoms with Gasteiger partial charge >= 0.3 is 0 Å². The van der Waals surface area contributed by atoms with Crippen LogP contribution in [0.1, 0.15) is 24.2 Å². The minimum absolute atomic E-state index is 0.0379. The summed E-state index contributed by atoms with van der Waals surface area (Å²) < 4.78 is 45.0. The van der Waals surface area contributed by atoms with Crippen molar-refractivity contribution in [3.8, 4) is 5.75 Å². The van der Waals surface area contributed by atoms with E-state index in [2.05, 4.69) is 10.3 Å². The molecule has 3 rings (SSSR count). The summed E-state index contributed by atoms with van der Waals surface area (Å²) in [5.41, 5.74) is 0.0352. The lowest BCUT2D eigenvalue weighted by Gasteiger charge is -2.12. The topological polar surface area (TPSA) is 85.4 Å². The van der Waals surface area contributed by atoms with Crippen LogP contribution in [0.2, 0.25) is 0 Å². The lowest BCUT2D eigenvalue weighted by Crippen LogP contribution is -2.14. The lowest BCUT2D eigenvalue weighted by molar-refractivity contribution is 0.102. The molecule has 1 amide bonds. The summed E-state index contributed by atoms with van der Waals surface area (Å²) >= 11 is 0. The molecule has 1 aromatic heterocycles. The van der Waals surface area contributed by atoms with Crippen LogP contribution in [-0.2, 0) is 9.84 Å². The summed E-state index contributed by atoms with van der Waals surface area (Å²) in [7, 11) is -3.87. The molecule has 0 spiro atoms. The van der Waals surface area contributed by atoms with E-state index >= 15 is 0 Å². The highest BCUT2D eigenvalue weighted by atomic mass is 32.2. The molecule has 2 aromatic carbocycles. The Bertz CT molecular complexity index is 1130. The van der Waals surface area contributed by atoms with Crippen molar-refractivity contribution in [2.24, 2.45) is 0 Å². The Morgan fingerprint density at radius 1 is 1.07 bits per heavy atom. The highest BCUT2D eigenvalue weighted by molar-refractivity contribution is 7.91. The van der Waals surface area contributed by atoms with E-state index in [1.165, 1.54) is 48.7 Å². The number of ether oxygens (including phenoxy) is 1. The van der Waals surface area contributed by atoms with Crippen LogP contribution >= 0.6 is 0 Å². The van der Waals surface area contributed by atoms with E-state index in [0.717, 1.165) is 0 Å². The summed E-state index contributed by atoms with van der Waals surface area (Å²) in [6.07, 6.45) is 1.26. The monoisotopic (exact) mass is 414 g/mol. The summed E-state index contributed by atoms with van der Waals surface area (Å²) in [5.74, 6) is -0.952. The Balaban J connectivity index is 1.83. The molecule has 0 unspecified atom stereocenters. The van der Waals surface area contributed by atoms with Crippen molar-refractivity contribution in [2.45, 2.75) is 29.9 Å². The first-order chi connectivity index (χ1) is 13.8. The van der Waals surface area contributed by atoms with Gasteiger partial charge in [-0.2, -0.15) is 0 Å². The number of carbonyl (C=O) groups excluding carboxylic acids is 1. The van der Waals surface area contributed by atoms with Gasteiger partial charge in [0.25, 0.3) is 5.91 Å². The molecule has 0 saturated heterocycles. The van der Waals surface area contributed by atoms with Crippen LogP contribution in [0.25, 0.3) is 0 Å². The molecule has 1 N–H and O–H groups in total. The van der Waals surface area contributed by atoms with Gasteiger partial charge in [0, 0.05) is 17.8 Å². The van der Waals surface area contributed by atoms with Crippen molar-refractivity contribution in [3.05, 3.63) is 78.2 Å². The van der Waals surface area contributed by atoms with Crippen LogP contribution in [0.5, 0.6) is 5.75 Å². The number of amides is 1. The predicted octanol–water partition coefficient (Wildman–Crippen LogP) is 4.09. The molecule has 0 aliphatic heterocycles. The SMILES string of the molecule is CC(C)Oc1ccc(NC(=O)c2cccc(S(=O)(=O)c3ccccn3)c2)c(F)c1. The van der Waals surface area contributed by atoms with E-state index < -0.39 is 21.6 Å². The van der Waals surface area contributed by atoms with Crippen LogP contribution in [0, 0.1) is 5.82 Å². The zero-order chi connectivity index (χ0) is 21.0. The third kappa shape index (κ3) is 4.78. The molecule has 29 heavy (non-hydrogen) atoms. The molecule has 150 valence electrons. The number of benzene rings is 2. The molecule has 0 saturated carbocycles. The molecular weight excluding hydrogens is 395 g/mol. The molecule has 6 nitrogen and oxygen atoms in total. The van der Waals surface area contributed by atoms with E-state index in [9.17, 15) is 17.6 Å². The number of sulfone groups is 1. The molecule has 0 atom stereocenters. The van der Waals surface area contributed by atoms with Gasteiger partial charge in [-0.3, -0.25) is 4.79 Å². The first-order valence-electron chi connectivity index (χ1n) is 8.81. The number of carbonyl (C=O) groups is 1. The van der Waals surface area contributed by atoms with Crippen molar-refractivity contribution in [3.63, 3.8) is 0 Å². The highest BCUT2D eigenvalue weighted by Crippen LogP contribution is 2.23. The Morgan fingerprint density at radius 3 is 2.52 bits per heavy atom. The molecule has 1 heterocycles. The van der Waals surface area contributed by atoms with Crippen molar-refractivity contribution in [1.82, 2.24) is 4.98 Å². The normalized spacial score (nSPS) is 11.3. The quantitative estimate of drug-likeness (QED) is 0.657. The summed E-state index contributed by atoms with van der Waals surface area (Å²) in [5, 5.41) is 2.32. The first kappa shape index (κ1) is 20.5. The number of anilines is 1. The van der Waals surface area contributed by atoms with Gasteiger partial charge in [-0.15, -0.1) is 0 Å². The molecule has 0 bridgehead atoms. The van der Waals surface area contributed by atoms with Gasteiger partial charge in [0.05, 0.1) is 16.7 Å². The fourth-order valence-electron chi connectivity index (χ4n) is 2.57. The maximum atomic E-state index is 14.3. The molecular formula is C21H19FN2O4S. The number of halogens is 1. The van der Waals surface area contributed by atoms with Crippen molar-refractivity contribution >= 4 is 21.4 Å². The van der Waals surface area contributed by atoms with Gasteiger partial charge < -0.3 is 10.1 Å². The number of nitrogens with one attached hydrogen (secondary N) is 1. The van der Waals surface area contributed by atoms with Gasteiger partial charge in [0.15, 0.2) is 5.03 Å². The number of hydrogen-bond donors (Lipinski definition) is 1. The second-order valence-electron chi connectivity index (χ2n) is 6.46. The van der Waals surface area contributed by atoms with E-state index in [-0.39, 0.29) is 27.3 Å². The average Bonchev–Trinajstić information content (AvgIpc) is 2.70. The van der Waals surface area contributed by atoms with Crippen molar-refractivity contribution < 1.29 is 22.3 Å². The fraction of sp³-hybridized carbons (Fsp3) is 0.143. The van der Waals surface area contributed by atoms with Gasteiger partial charge in [0.1, 0.15) is 11.6 Å². The number of hydrogen-bond acceptors (Lipinski definition) is 5. The van der Waals surface area contributed by atoms with Crippen molar-refractivity contribution in [2.75, 3.05) is 5.32 Å². The van der Waals surface area contributed by atoms with Crippen molar-refractivity contribution in [1.29, 1.82) is 0 Å². The standard InChI is InChI=1S/C21H19FN2O4S/c1-14(2)28-16-9-10-19(18(22)13-16)24-21(25)15-6-5-7-17(12-15)29(26,27)20-8-3-4-11-23-20/h3-14H,1-2H3,(H,24,25). The van der Waals surface area contributed by atoms with Gasteiger partial charge in [-0.05, 0) is 56.3 Å². The number of rotatable bonds is 6. The molecule has 8 heteroatoms. The van der Waals surface area contributed by atoms with E-state index in [1.54, 1.807) is 18.2 Å². The Kier molecular flexibility index (Phi) is 5.93. The third-order valence-electron chi connectivity index (χ3n) is 3.88. The van der Waals surface area contributed by atoms with Crippen LogP contribution in [0.3, 0.4) is 0 Å². The number of aromatic nitrogens is 1. The first-order valence-corrected chi connectivity index (χ1v) is 10.3. The van der Waals surface area contributed by atoms with Gasteiger partial charge in [0.2, 0.25) is 9.84 Å². The predicted molar refractivity (Wildman–Crippen MR) is 106 cm³/mol.